The third kappa shape index (κ3) is 2.86. The number of halogens is 1. The van der Waals surface area contributed by atoms with Gasteiger partial charge in [0.25, 0.3) is 0 Å². The highest BCUT2D eigenvalue weighted by molar-refractivity contribution is 9.11. The van der Waals surface area contributed by atoms with Gasteiger partial charge in [-0.1, -0.05) is 6.92 Å². The molecule has 1 saturated heterocycles. The third-order valence-electron chi connectivity index (χ3n) is 3.40. The monoisotopic (exact) mass is 302 g/mol. The molecule has 0 spiro atoms. The Morgan fingerprint density at radius 2 is 2.19 bits per heavy atom. The summed E-state index contributed by atoms with van der Waals surface area (Å²) in [4.78, 5) is 3.93. The van der Waals surface area contributed by atoms with Crippen molar-refractivity contribution in [3.63, 3.8) is 0 Å². The second-order valence-electron chi connectivity index (χ2n) is 4.61. The maximum absolute atomic E-state index is 5.93. The number of thiophene rings is 1. The van der Waals surface area contributed by atoms with Crippen molar-refractivity contribution in [1.82, 2.24) is 4.90 Å². The Labute approximate surface area is 110 Å². The first kappa shape index (κ1) is 12.6. The quantitative estimate of drug-likeness (QED) is 0.929. The van der Waals surface area contributed by atoms with Crippen molar-refractivity contribution >= 4 is 27.3 Å². The molecule has 1 aromatic rings. The van der Waals surface area contributed by atoms with Gasteiger partial charge in [0.15, 0.2) is 0 Å². The zero-order chi connectivity index (χ0) is 11.5. The fourth-order valence-corrected chi connectivity index (χ4v) is 3.86. The van der Waals surface area contributed by atoms with E-state index in [1.807, 2.05) is 11.3 Å². The van der Waals surface area contributed by atoms with E-state index in [2.05, 4.69) is 39.9 Å². The molecule has 4 heteroatoms. The van der Waals surface area contributed by atoms with Gasteiger partial charge in [-0.25, -0.2) is 0 Å². The van der Waals surface area contributed by atoms with Crippen LogP contribution in [0.25, 0.3) is 0 Å². The van der Waals surface area contributed by atoms with Gasteiger partial charge in [0.2, 0.25) is 0 Å². The number of rotatable bonds is 3. The average molecular weight is 303 g/mol. The lowest BCUT2D eigenvalue weighted by molar-refractivity contribution is 0.143. The van der Waals surface area contributed by atoms with Crippen molar-refractivity contribution in [3.8, 4) is 0 Å². The molecule has 0 saturated carbocycles. The van der Waals surface area contributed by atoms with Gasteiger partial charge >= 0.3 is 0 Å². The van der Waals surface area contributed by atoms with Crippen LogP contribution in [0.1, 0.15) is 30.7 Å². The van der Waals surface area contributed by atoms with Gasteiger partial charge in [0.05, 0.1) is 9.83 Å². The molecule has 2 heterocycles. The molecule has 2 rings (SSSR count). The Morgan fingerprint density at radius 3 is 2.69 bits per heavy atom. The highest BCUT2D eigenvalue weighted by Crippen LogP contribution is 2.32. The predicted molar refractivity (Wildman–Crippen MR) is 73.8 cm³/mol. The lowest BCUT2D eigenvalue weighted by Gasteiger charge is -2.35. The van der Waals surface area contributed by atoms with Crippen LogP contribution in [0, 0.1) is 5.92 Å². The maximum atomic E-state index is 5.93. The van der Waals surface area contributed by atoms with Crippen molar-refractivity contribution in [2.45, 2.75) is 25.8 Å². The van der Waals surface area contributed by atoms with E-state index < -0.39 is 0 Å². The Bertz CT molecular complexity index is 332. The van der Waals surface area contributed by atoms with E-state index in [4.69, 9.17) is 5.73 Å². The summed E-state index contributed by atoms with van der Waals surface area (Å²) >= 11 is 5.33. The minimum absolute atomic E-state index is 0.420. The molecular weight excluding hydrogens is 284 g/mol. The van der Waals surface area contributed by atoms with Crippen LogP contribution in [0.4, 0.5) is 0 Å². The molecule has 1 atom stereocenters. The summed E-state index contributed by atoms with van der Waals surface area (Å²) in [6, 6.07) is 4.74. The lowest BCUT2D eigenvalue weighted by Crippen LogP contribution is -2.39. The number of piperidine rings is 1. The fourth-order valence-electron chi connectivity index (χ4n) is 2.29. The summed E-state index contributed by atoms with van der Waals surface area (Å²) in [5.41, 5.74) is 5.93. The topological polar surface area (TPSA) is 29.3 Å². The molecule has 0 bridgehead atoms. The molecular formula is C12H19BrN2S. The summed E-state index contributed by atoms with van der Waals surface area (Å²) in [5.74, 6) is 0.879. The highest BCUT2D eigenvalue weighted by atomic mass is 79.9. The fraction of sp³-hybridized carbons (Fsp3) is 0.667. The molecule has 1 unspecified atom stereocenters. The molecule has 0 aromatic carbocycles. The van der Waals surface area contributed by atoms with Crippen LogP contribution in [0.3, 0.4) is 0 Å². The van der Waals surface area contributed by atoms with Crippen LogP contribution in [-0.2, 0) is 0 Å². The van der Waals surface area contributed by atoms with Crippen LogP contribution in [0.2, 0.25) is 0 Å². The number of likely N-dealkylation sites (tertiary alicyclic amines) is 1. The summed E-state index contributed by atoms with van der Waals surface area (Å²) in [6.07, 6.45) is 2.62. The third-order valence-corrected chi connectivity index (χ3v) is 5.13. The first-order chi connectivity index (χ1) is 7.70. The molecule has 16 heavy (non-hydrogen) atoms. The van der Waals surface area contributed by atoms with Crippen LogP contribution < -0.4 is 5.73 Å². The van der Waals surface area contributed by atoms with Gasteiger partial charge in [0, 0.05) is 11.4 Å². The second kappa shape index (κ2) is 5.63. The SMILES string of the molecule is CC1CCN(C(CN)c2ccc(Br)s2)CC1. The van der Waals surface area contributed by atoms with E-state index in [-0.39, 0.29) is 0 Å². The van der Waals surface area contributed by atoms with E-state index in [1.165, 1.54) is 34.6 Å². The maximum Gasteiger partial charge on any atom is 0.0702 e. The number of hydrogen-bond acceptors (Lipinski definition) is 3. The zero-order valence-corrected chi connectivity index (χ0v) is 12.1. The standard InChI is InChI=1S/C12H19BrN2S/c1-9-4-6-15(7-5-9)10(8-14)11-2-3-12(13)16-11/h2-3,9-10H,4-8,14H2,1H3. The van der Waals surface area contributed by atoms with Crippen LogP contribution in [-0.4, -0.2) is 24.5 Å². The minimum atomic E-state index is 0.420. The Morgan fingerprint density at radius 1 is 1.50 bits per heavy atom. The molecule has 1 aliphatic rings. The Kier molecular flexibility index (Phi) is 4.41. The predicted octanol–water partition coefficient (Wildman–Crippen LogP) is 3.24. The molecule has 2 N–H and O–H groups in total. The van der Waals surface area contributed by atoms with Crippen LogP contribution >= 0.6 is 27.3 Å². The van der Waals surface area contributed by atoms with Crippen molar-refractivity contribution in [1.29, 1.82) is 0 Å². The van der Waals surface area contributed by atoms with Gasteiger partial charge < -0.3 is 5.73 Å². The van der Waals surface area contributed by atoms with Crippen molar-refractivity contribution in [2.75, 3.05) is 19.6 Å². The first-order valence-electron chi connectivity index (χ1n) is 5.90. The summed E-state index contributed by atoms with van der Waals surface area (Å²) < 4.78 is 1.20. The molecule has 0 amide bonds. The second-order valence-corrected chi connectivity index (χ2v) is 7.11. The molecule has 1 aliphatic heterocycles. The molecule has 1 aromatic heterocycles. The number of hydrogen-bond donors (Lipinski definition) is 1. The largest absolute Gasteiger partial charge is 0.329 e. The average Bonchev–Trinajstić information content (AvgIpc) is 2.69. The summed E-state index contributed by atoms with van der Waals surface area (Å²) in [7, 11) is 0. The molecule has 1 fully saturated rings. The first-order valence-corrected chi connectivity index (χ1v) is 7.51. The van der Waals surface area contributed by atoms with Gasteiger partial charge in [-0.3, -0.25) is 4.90 Å². The van der Waals surface area contributed by atoms with Gasteiger partial charge in [-0.05, 0) is 59.9 Å². The Balaban J connectivity index is 2.05. The lowest BCUT2D eigenvalue weighted by atomic mass is 9.97. The van der Waals surface area contributed by atoms with E-state index >= 15 is 0 Å². The van der Waals surface area contributed by atoms with Gasteiger partial charge in [-0.2, -0.15) is 0 Å². The summed E-state index contributed by atoms with van der Waals surface area (Å²) in [5, 5.41) is 0. The van der Waals surface area contributed by atoms with Crippen LogP contribution in [0.15, 0.2) is 15.9 Å². The zero-order valence-electron chi connectivity index (χ0n) is 9.66. The van der Waals surface area contributed by atoms with E-state index in [0.717, 1.165) is 12.5 Å². The van der Waals surface area contributed by atoms with E-state index in [0.29, 0.717) is 6.04 Å². The number of nitrogens with zero attached hydrogens (tertiary/aromatic N) is 1. The summed E-state index contributed by atoms with van der Waals surface area (Å²) in [6.45, 7) is 5.45. The van der Waals surface area contributed by atoms with Crippen molar-refractivity contribution < 1.29 is 0 Å². The Hall–Kier alpha value is 0.1000. The van der Waals surface area contributed by atoms with E-state index in [1.54, 1.807) is 0 Å². The highest BCUT2D eigenvalue weighted by Gasteiger charge is 2.24. The van der Waals surface area contributed by atoms with Gasteiger partial charge in [0.1, 0.15) is 0 Å². The molecule has 90 valence electrons. The number of nitrogens with two attached hydrogens (primary N) is 1. The molecule has 0 aliphatic carbocycles. The van der Waals surface area contributed by atoms with E-state index in [9.17, 15) is 0 Å². The minimum Gasteiger partial charge on any atom is -0.329 e. The molecule has 2 nitrogen and oxygen atoms in total. The van der Waals surface area contributed by atoms with Crippen molar-refractivity contribution in [2.24, 2.45) is 11.7 Å². The van der Waals surface area contributed by atoms with Gasteiger partial charge in [-0.15, -0.1) is 11.3 Å². The smallest absolute Gasteiger partial charge is 0.0702 e. The van der Waals surface area contributed by atoms with Crippen LogP contribution in [0.5, 0.6) is 0 Å². The van der Waals surface area contributed by atoms with Crippen molar-refractivity contribution in [3.05, 3.63) is 20.8 Å². The molecule has 0 radical (unpaired) electrons. The normalized spacial score (nSPS) is 21.2.